The first kappa shape index (κ1) is 17.0. The molecule has 4 nitrogen and oxygen atoms in total. The van der Waals surface area contributed by atoms with Crippen LogP contribution in [0, 0.1) is 11.6 Å². The second-order valence-corrected chi connectivity index (χ2v) is 6.98. The van der Waals surface area contributed by atoms with E-state index in [-0.39, 0.29) is 17.7 Å². The number of fused-ring (bicyclic) bond motifs is 2. The number of benzene rings is 2. The zero-order valence-corrected chi connectivity index (χ0v) is 14.2. The van der Waals surface area contributed by atoms with Gasteiger partial charge in [0.25, 0.3) is 5.91 Å². The third-order valence-corrected chi connectivity index (χ3v) is 5.05. The van der Waals surface area contributed by atoms with E-state index in [0.29, 0.717) is 23.4 Å². The minimum Gasteiger partial charge on any atom is -0.457 e. The van der Waals surface area contributed by atoms with Crippen molar-refractivity contribution in [2.75, 3.05) is 0 Å². The van der Waals surface area contributed by atoms with Crippen molar-refractivity contribution in [1.29, 1.82) is 0 Å². The summed E-state index contributed by atoms with van der Waals surface area (Å²) in [6.45, 7) is 0. The molecule has 26 heavy (non-hydrogen) atoms. The van der Waals surface area contributed by atoms with Crippen LogP contribution in [0.4, 0.5) is 8.78 Å². The van der Waals surface area contributed by atoms with Crippen molar-refractivity contribution in [1.82, 2.24) is 10.6 Å². The van der Waals surface area contributed by atoms with Crippen LogP contribution in [-0.4, -0.2) is 24.0 Å². The fourth-order valence-electron chi connectivity index (χ4n) is 3.79. The lowest BCUT2D eigenvalue weighted by molar-refractivity contribution is 0.0924. The molecular weight excluding hydrogens is 338 g/mol. The number of piperidine rings is 1. The maximum Gasteiger partial charge on any atom is 0.251 e. The SMILES string of the molecule is O=C(NC1CC2CCC(C1)N2)c1ccc(Oc2ccc(F)c(F)c2)cc1. The molecule has 2 heterocycles. The number of carbonyl (C=O) groups is 1. The number of hydrogen-bond acceptors (Lipinski definition) is 3. The molecule has 2 aliphatic rings. The quantitative estimate of drug-likeness (QED) is 0.875. The second kappa shape index (κ2) is 7.03. The Kier molecular flexibility index (Phi) is 4.59. The van der Waals surface area contributed by atoms with Crippen molar-refractivity contribution in [2.45, 2.75) is 43.8 Å². The predicted octanol–water partition coefficient (Wildman–Crippen LogP) is 3.77. The number of nitrogens with one attached hydrogen (secondary N) is 2. The van der Waals surface area contributed by atoms with Gasteiger partial charge in [0, 0.05) is 29.8 Å². The van der Waals surface area contributed by atoms with Gasteiger partial charge in [0.1, 0.15) is 11.5 Å². The summed E-state index contributed by atoms with van der Waals surface area (Å²) in [4.78, 5) is 12.4. The Morgan fingerprint density at radius 2 is 1.62 bits per heavy atom. The van der Waals surface area contributed by atoms with Gasteiger partial charge in [-0.1, -0.05) is 0 Å². The lowest BCUT2D eigenvalue weighted by Crippen LogP contribution is -2.48. The van der Waals surface area contributed by atoms with E-state index in [1.54, 1.807) is 24.3 Å². The first-order valence-electron chi connectivity index (χ1n) is 8.87. The number of amides is 1. The molecule has 2 unspecified atom stereocenters. The summed E-state index contributed by atoms with van der Waals surface area (Å²) in [5.41, 5.74) is 0.550. The van der Waals surface area contributed by atoms with Crippen LogP contribution >= 0.6 is 0 Å². The Balaban J connectivity index is 1.37. The zero-order valence-electron chi connectivity index (χ0n) is 14.2. The van der Waals surface area contributed by atoms with E-state index in [0.717, 1.165) is 25.0 Å². The van der Waals surface area contributed by atoms with Crippen LogP contribution in [0.5, 0.6) is 11.5 Å². The van der Waals surface area contributed by atoms with Gasteiger partial charge in [-0.15, -0.1) is 0 Å². The summed E-state index contributed by atoms with van der Waals surface area (Å²) < 4.78 is 31.7. The monoisotopic (exact) mass is 358 g/mol. The smallest absolute Gasteiger partial charge is 0.251 e. The Morgan fingerprint density at radius 3 is 2.27 bits per heavy atom. The highest BCUT2D eigenvalue weighted by atomic mass is 19.2. The van der Waals surface area contributed by atoms with E-state index in [2.05, 4.69) is 10.6 Å². The molecule has 2 aromatic rings. The molecule has 0 aromatic heterocycles. The topological polar surface area (TPSA) is 50.4 Å². The summed E-state index contributed by atoms with van der Waals surface area (Å²) in [5.74, 6) is -1.33. The van der Waals surface area contributed by atoms with Crippen LogP contribution in [0.25, 0.3) is 0 Å². The largest absolute Gasteiger partial charge is 0.457 e. The molecule has 2 saturated heterocycles. The van der Waals surface area contributed by atoms with Crippen molar-refractivity contribution < 1.29 is 18.3 Å². The Bertz CT molecular complexity index is 798. The van der Waals surface area contributed by atoms with Crippen molar-refractivity contribution in [3.63, 3.8) is 0 Å². The van der Waals surface area contributed by atoms with Gasteiger partial charge in [-0.05, 0) is 62.1 Å². The van der Waals surface area contributed by atoms with Crippen molar-refractivity contribution in [2.24, 2.45) is 0 Å². The summed E-state index contributed by atoms with van der Waals surface area (Å²) in [5, 5.41) is 6.66. The van der Waals surface area contributed by atoms with Crippen LogP contribution in [0.15, 0.2) is 42.5 Å². The first-order chi connectivity index (χ1) is 12.6. The van der Waals surface area contributed by atoms with Gasteiger partial charge >= 0.3 is 0 Å². The fraction of sp³-hybridized carbons (Fsp3) is 0.350. The van der Waals surface area contributed by atoms with E-state index in [9.17, 15) is 13.6 Å². The van der Waals surface area contributed by atoms with Crippen LogP contribution in [0.3, 0.4) is 0 Å². The van der Waals surface area contributed by atoms with Crippen LogP contribution in [0.1, 0.15) is 36.0 Å². The van der Waals surface area contributed by atoms with E-state index >= 15 is 0 Å². The maximum absolute atomic E-state index is 13.2. The number of rotatable bonds is 4. The number of ether oxygens (including phenoxy) is 1. The van der Waals surface area contributed by atoms with Gasteiger partial charge in [0.05, 0.1) is 0 Å². The molecule has 0 spiro atoms. The van der Waals surface area contributed by atoms with Crippen LogP contribution in [0.2, 0.25) is 0 Å². The Morgan fingerprint density at radius 1 is 0.962 bits per heavy atom. The maximum atomic E-state index is 13.2. The molecule has 2 fully saturated rings. The summed E-state index contributed by atoms with van der Waals surface area (Å²) in [7, 11) is 0. The summed E-state index contributed by atoms with van der Waals surface area (Å²) in [6, 6.07) is 11.2. The molecule has 2 N–H and O–H groups in total. The predicted molar refractivity (Wildman–Crippen MR) is 93.3 cm³/mol. The lowest BCUT2D eigenvalue weighted by Gasteiger charge is -2.29. The van der Waals surface area contributed by atoms with E-state index < -0.39 is 11.6 Å². The number of halogens is 2. The molecule has 2 aromatic carbocycles. The molecule has 2 aliphatic heterocycles. The number of hydrogen-bond donors (Lipinski definition) is 2. The minimum atomic E-state index is -0.963. The molecule has 4 rings (SSSR count). The Labute approximate surface area is 150 Å². The van der Waals surface area contributed by atoms with Crippen molar-refractivity contribution >= 4 is 5.91 Å². The molecule has 6 heteroatoms. The molecule has 2 bridgehead atoms. The average molecular weight is 358 g/mol. The highest BCUT2D eigenvalue weighted by molar-refractivity contribution is 5.94. The third-order valence-electron chi connectivity index (χ3n) is 5.05. The van der Waals surface area contributed by atoms with Crippen LogP contribution in [-0.2, 0) is 0 Å². The van der Waals surface area contributed by atoms with Gasteiger partial charge in [-0.2, -0.15) is 0 Å². The van der Waals surface area contributed by atoms with Gasteiger partial charge < -0.3 is 15.4 Å². The van der Waals surface area contributed by atoms with E-state index in [1.807, 2.05) is 0 Å². The molecule has 0 saturated carbocycles. The normalized spacial score (nSPS) is 24.3. The second-order valence-electron chi connectivity index (χ2n) is 6.98. The van der Waals surface area contributed by atoms with E-state index in [1.165, 1.54) is 18.9 Å². The standard InChI is InChI=1S/C20H20F2N2O2/c21-18-8-7-17(11-19(18)22)26-16-5-1-12(2-6-16)20(25)24-15-9-13-3-4-14(10-15)23-13/h1-2,5-8,11,13-15,23H,3-4,9-10H2,(H,24,25). The summed E-state index contributed by atoms with van der Waals surface area (Å²) in [6.07, 6.45) is 4.32. The van der Waals surface area contributed by atoms with E-state index in [4.69, 9.17) is 4.74 Å². The molecule has 136 valence electrons. The highest BCUT2D eigenvalue weighted by Gasteiger charge is 2.34. The first-order valence-corrected chi connectivity index (χ1v) is 8.87. The van der Waals surface area contributed by atoms with Gasteiger partial charge in [-0.3, -0.25) is 4.79 Å². The van der Waals surface area contributed by atoms with Gasteiger partial charge in [0.15, 0.2) is 11.6 Å². The van der Waals surface area contributed by atoms with Crippen molar-refractivity contribution in [3.8, 4) is 11.5 Å². The molecule has 0 radical (unpaired) electrons. The molecule has 0 aliphatic carbocycles. The van der Waals surface area contributed by atoms with Gasteiger partial charge in [0.2, 0.25) is 0 Å². The van der Waals surface area contributed by atoms with Crippen LogP contribution < -0.4 is 15.4 Å². The number of carbonyl (C=O) groups excluding carboxylic acids is 1. The fourth-order valence-corrected chi connectivity index (χ4v) is 3.79. The minimum absolute atomic E-state index is 0.101. The van der Waals surface area contributed by atoms with Crippen molar-refractivity contribution in [3.05, 3.63) is 59.7 Å². The zero-order chi connectivity index (χ0) is 18.1. The molecule has 2 atom stereocenters. The molecule has 1 amide bonds. The third kappa shape index (κ3) is 3.70. The average Bonchev–Trinajstić information content (AvgIpc) is 2.97. The Hall–Kier alpha value is -2.47. The lowest BCUT2D eigenvalue weighted by atomic mass is 9.99. The summed E-state index contributed by atoms with van der Waals surface area (Å²) >= 11 is 0. The highest BCUT2D eigenvalue weighted by Crippen LogP contribution is 2.27. The molecular formula is C20H20F2N2O2. The van der Waals surface area contributed by atoms with Gasteiger partial charge in [-0.25, -0.2) is 8.78 Å².